The molecule has 5 atom stereocenters. The van der Waals surface area contributed by atoms with Crippen LogP contribution >= 0.6 is 0 Å². The summed E-state index contributed by atoms with van der Waals surface area (Å²) < 4.78 is 5.41. The maximum absolute atomic E-state index is 13.5. The van der Waals surface area contributed by atoms with Gasteiger partial charge in [-0.25, -0.2) is 0 Å². The van der Waals surface area contributed by atoms with E-state index in [0.717, 1.165) is 23.7 Å². The summed E-state index contributed by atoms with van der Waals surface area (Å²) in [5, 5.41) is 16.1. The van der Waals surface area contributed by atoms with Gasteiger partial charge in [0.15, 0.2) is 0 Å². The minimum absolute atomic E-state index is 0.0646. The SMILES string of the molecule is COc1cccc2[nH]c(C(=O)N3CC4CC4CC3C(=O)NC(C#N)CC3CCCNC3=O)cc12. The minimum atomic E-state index is -0.771. The van der Waals surface area contributed by atoms with Gasteiger partial charge in [0, 0.05) is 29.9 Å². The summed E-state index contributed by atoms with van der Waals surface area (Å²) in [6.07, 6.45) is 3.46. The van der Waals surface area contributed by atoms with Crippen LogP contribution < -0.4 is 15.4 Å². The van der Waals surface area contributed by atoms with E-state index in [1.807, 2.05) is 18.2 Å². The van der Waals surface area contributed by atoms with Crippen LogP contribution in [0, 0.1) is 29.1 Å². The van der Waals surface area contributed by atoms with Gasteiger partial charge in [0.25, 0.3) is 5.91 Å². The van der Waals surface area contributed by atoms with Crippen LogP contribution in [0.2, 0.25) is 0 Å². The van der Waals surface area contributed by atoms with Crippen molar-refractivity contribution in [1.29, 1.82) is 5.26 Å². The summed E-state index contributed by atoms with van der Waals surface area (Å²) in [6.45, 7) is 1.18. The predicted octanol–water partition coefficient (Wildman–Crippen LogP) is 1.95. The number of piperidine rings is 2. The van der Waals surface area contributed by atoms with Crippen molar-refractivity contribution >= 4 is 28.6 Å². The third-order valence-electron chi connectivity index (χ3n) is 7.43. The van der Waals surface area contributed by atoms with Gasteiger partial charge in [0.1, 0.15) is 23.5 Å². The Kier molecular flexibility index (Phi) is 5.90. The van der Waals surface area contributed by atoms with Crippen LogP contribution in [0.5, 0.6) is 5.75 Å². The molecule has 2 saturated heterocycles. The van der Waals surface area contributed by atoms with Crippen molar-refractivity contribution < 1.29 is 19.1 Å². The van der Waals surface area contributed by atoms with E-state index in [-0.39, 0.29) is 30.1 Å². The summed E-state index contributed by atoms with van der Waals surface area (Å²) in [5.74, 6) is 0.629. The topological polar surface area (TPSA) is 127 Å². The lowest BCUT2D eigenvalue weighted by Crippen LogP contribution is -2.54. The molecule has 178 valence electrons. The number of carbonyl (C=O) groups excluding carboxylic acids is 3. The molecule has 3 N–H and O–H groups in total. The molecule has 0 radical (unpaired) electrons. The molecule has 3 aliphatic rings. The smallest absolute Gasteiger partial charge is 0.270 e. The zero-order valence-corrected chi connectivity index (χ0v) is 19.2. The number of hydrogen-bond acceptors (Lipinski definition) is 5. The number of methoxy groups -OCH3 is 1. The van der Waals surface area contributed by atoms with Crippen LogP contribution in [0.15, 0.2) is 24.3 Å². The van der Waals surface area contributed by atoms with E-state index >= 15 is 0 Å². The second-order valence-electron chi connectivity index (χ2n) is 9.63. The molecule has 1 aromatic heterocycles. The first-order valence-electron chi connectivity index (χ1n) is 11.9. The maximum atomic E-state index is 13.5. The maximum Gasteiger partial charge on any atom is 0.270 e. The fraction of sp³-hybridized carbons (Fsp3) is 0.520. The molecule has 1 saturated carbocycles. The molecule has 2 aromatic rings. The molecular weight excluding hydrogens is 434 g/mol. The highest BCUT2D eigenvalue weighted by molar-refractivity contribution is 6.01. The van der Waals surface area contributed by atoms with Gasteiger partial charge in [-0.1, -0.05) is 6.07 Å². The van der Waals surface area contributed by atoms with Crippen molar-refractivity contribution in [1.82, 2.24) is 20.5 Å². The third kappa shape index (κ3) is 4.20. The quantitative estimate of drug-likeness (QED) is 0.603. The van der Waals surface area contributed by atoms with Crippen molar-refractivity contribution in [3.8, 4) is 11.8 Å². The zero-order valence-electron chi connectivity index (χ0n) is 19.2. The van der Waals surface area contributed by atoms with Crippen molar-refractivity contribution in [2.75, 3.05) is 20.2 Å². The van der Waals surface area contributed by atoms with Crippen LogP contribution in [0.25, 0.3) is 10.9 Å². The minimum Gasteiger partial charge on any atom is -0.496 e. The van der Waals surface area contributed by atoms with E-state index in [0.29, 0.717) is 49.2 Å². The Morgan fingerprint density at radius 2 is 2.18 bits per heavy atom. The molecule has 0 bridgehead atoms. The second kappa shape index (κ2) is 9.01. The number of hydrogen-bond donors (Lipinski definition) is 3. The number of amides is 3. The van der Waals surface area contributed by atoms with Gasteiger partial charge in [-0.2, -0.15) is 5.26 Å². The lowest BCUT2D eigenvalue weighted by atomic mass is 9.91. The summed E-state index contributed by atoms with van der Waals surface area (Å²) >= 11 is 0. The number of carbonyl (C=O) groups is 3. The molecule has 34 heavy (non-hydrogen) atoms. The highest BCUT2D eigenvalue weighted by Gasteiger charge is 2.49. The Labute approximate surface area is 197 Å². The number of likely N-dealkylation sites (tertiary alicyclic amines) is 1. The highest BCUT2D eigenvalue weighted by Crippen LogP contribution is 2.47. The van der Waals surface area contributed by atoms with Crippen molar-refractivity contribution in [2.24, 2.45) is 17.8 Å². The molecule has 3 amide bonds. The molecule has 2 aliphatic heterocycles. The largest absolute Gasteiger partial charge is 0.496 e. The number of nitriles is 1. The summed E-state index contributed by atoms with van der Waals surface area (Å²) in [6, 6.07) is 8.06. The van der Waals surface area contributed by atoms with Gasteiger partial charge in [0.2, 0.25) is 11.8 Å². The third-order valence-corrected chi connectivity index (χ3v) is 7.43. The van der Waals surface area contributed by atoms with Gasteiger partial charge >= 0.3 is 0 Å². The van der Waals surface area contributed by atoms with Gasteiger partial charge in [0.05, 0.1) is 13.2 Å². The Balaban J connectivity index is 1.33. The van der Waals surface area contributed by atoms with Crippen LogP contribution in [-0.4, -0.2) is 59.9 Å². The lowest BCUT2D eigenvalue weighted by molar-refractivity contribution is -0.129. The lowest BCUT2D eigenvalue weighted by Gasteiger charge is -2.35. The van der Waals surface area contributed by atoms with E-state index in [9.17, 15) is 19.6 Å². The highest BCUT2D eigenvalue weighted by atomic mass is 16.5. The number of fused-ring (bicyclic) bond motifs is 2. The number of H-pyrrole nitrogens is 1. The van der Waals surface area contributed by atoms with Gasteiger partial charge < -0.3 is 25.3 Å². The van der Waals surface area contributed by atoms with Crippen LogP contribution in [-0.2, 0) is 9.59 Å². The first kappa shape index (κ1) is 22.3. The molecule has 9 heteroatoms. The standard InChI is InChI=1S/C25H29N5O4/c1-34-22-6-2-5-19-18(22)11-20(29-19)25(33)30-13-16-8-15(16)10-21(30)24(32)28-17(12-26)9-14-4-3-7-27-23(14)31/h2,5-6,11,14-17,21,29H,3-4,7-10,13H2,1H3,(H,27,31)(H,28,32). The van der Waals surface area contributed by atoms with E-state index in [2.05, 4.69) is 21.7 Å². The van der Waals surface area contributed by atoms with E-state index in [1.54, 1.807) is 18.1 Å². The van der Waals surface area contributed by atoms with Gasteiger partial charge in [-0.05, 0) is 62.1 Å². The van der Waals surface area contributed by atoms with E-state index < -0.39 is 12.1 Å². The average Bonchev–Trinajstić information content (AvgIpc) is 3.48. The number of aromatic nitrogens is 1. The fourth-order valence-corrected chi connectivity index (χ4v) is 5.42. The zero-order chi connectivity index (χ0) is 23.8. The summed E-state index contributed by atoms with van der Waals surface area (Å²) in [4.78, 5) is 43.7. The van der Waals surface area contributed by atoms with Crippen molar-refractivity contribution in [3.05, 3.63) is 30.0 Å². The Morgan fingerprint density at radius 3 is 2.94 bits per heavy atom. The van der Waals surface area contributed by atoms with Crippen LogP contribution in [0.4, 0.5) is 0 Å². The number of ether oxygens (including phenoxy) is 1. The van der Waals surface area contributed by atoms with E-state index in [4.69, 9.17) is 4.74 Å². The molecule has 3 heterocycles. The van der Waals surface area contributed by atoms with E-state index in [1.165, 1.54) is 0 Å². The number of rotatable bonds is 6. The van der Waals surface area contributed by atoms with Crippen molar-refractivity contribution in [2.45, 2.75) is 44.2 Å². The molecule has 0 spiro atoms. The number of nitrogens with one attached hydrogen (secondary N) is 3. The average molecular weight is 464 g/mol. The number of nitrogens with zero attached hydrogens (tertiary/aromatic N) is 2. The molecule has 3 fully saturated rings. The Morgan fingerprint density at radius 1 is 1.32 bits per heavy atom. The fourth-order valence-electron chi connectivity index (χ4n) is 5.42. The number of benzene rings is 1. The molecule has 1 aliphatic carbocycles. The monoisotopic (exact) mass is 463 g/mol. The predicted molar refractivity (Wildman–Crippen MR) is 124 cm³/mol. The molecule has 1 aromatic carbocycles. The van der Waals surface area contributed by atoms with Gasteiger partial charge in [-0.15, -0.1) is 0 Å². The number of aromatic amines is 1. The van der Waals surface area contributed by atoms with Crippen LogP contribution in [0.1, 0.15) is 42.6 Å². The second-order valence-corrected chi connectivity index (χ2v) is 9.63. The Hall–Kier alpha value is -3.54. The molecular formula is C25H29N5O4. The van der Waals surface area contributed by atoms with Gasteiger partial charge in [-0.3, -0.25) is 14.4 Å². The molecule has 5 unspecified atom stereocenters. The summed E-state index contributed by atoms with van der Waals surface area (Å²) in [7, 11) is 1.59. The van der Waals surface area contributed by atoms with Crippen LogP contribution in [0.3, 0.4) is 0 Å². The first-order chi connectivity index (χ1) is 16.5. The molecule has 5 rings (SSSR count). The van der Waals surface area contributed by atoms with Crippen molar-refractivity contribution in [3.63, 3.8) is 0 Å². The summed E-state index contributed by atoms with van der Waals surface area (Å²) in [5.41, 5.74) is 1.20. The molecule has 9 nitrogen and oxygen atoms in total. The normalized spacial score (nSPS) is 26.7. The first-order valence-corrected chi connectivity index (χ1v) is 11.9. The Bertz CT molecular complexity index is 1170.